The molecule has 0 saturated carbocycles. The Bertz CT molecular complexity index is 1850. The average molecular weight is 560 g/mol. The third kappa shape index (κ3) is 4.54. The number of rotatable bonds is 5. The van der Waals surface area contributed by atoms with E-state index in [1.165, 1.54) is 0 Å². The number of aromatic hydroxyl groups is 1. The number of carbonyl (C=O) groups is 1. The minimum atomic E-state index is -0.333. The van der Waals surface area contributed by atoms with Gasteiger partial charge in [0.25, 0.3) is 5.91 Å². The normalized spacial score (nSPS) is 17.3. The van der Waals surface area contributed by atoms with Crippen LogP contribution in [0.5, 0.6) is 5.75 Å². The molecule has 2 atom stereocenters. The fraction of sp³-hybridized carbons (Fsp3) is 0.207. The highest BCUT2D eigenvalue weighted by Gasteiger charge is 2.48. The minimum Gasteiger partial charge on any atom is -0.507 e. The predicted molar refractivity (Wildman–Crippen MR) is 155 cm³/mol. The molecule has 7 rings (SSSR count). The summed E-state index contributed by atoms with van der Waals surface area (Å²) in [4.78, 5) is 30.1. The van der Waals surface area contributed by atoms with Crippen molar-refractivity contribution < 1.29 is 9.90 Å². The van der Waals surface area contributed by atoms with E-state index in [0.29, 0.717) is 28.5 Å². The van der Waals surface area contributed by atoms with Crippen molar-refractivity contribution in [3.63, 3.8) is 0 Å². The molecule has 2 saturated heterocycles. The molecular formula is C29H25N11O2. The summed E-state index contributed by atoms with van der Waals surface area (Å²) >= 11 is 0. The average Bonchev–Trinajstić information content (AvgIpc) is 3.58. The smallest absolute Gasteiger partial charge is 0.272 e. The number of nitrogens with zero attached hydrogens (tertiary/aromatic N) is 9. The lowest BCUT2D eigenvalue weighted by Gasteiger charge is -2.48. The number of hydrogen-bond acceptors (Lipinski definition) is 11. The van der Waals surface area contributed by atoms with Crippen molar-refractivity contribution in [2.24, 2.45) is 0 Å². The molecule has 2 fully saturated rings. The van der Waals surface area contributed by atoms with E-state index in [1.54, 1.807) is 53.4 Å². The Kier molecular flexibility index (Phi) is 6.20. The molecule has 42 heavy (non-hydrogen) atoms. The maximum Gasteiger partial charge on any atom is 0.272 e. The van der Waals surface area contributed by atoms with Crippen LogP contribution in [0.3, 0.4) is 0 Å². The van der Waals surface area contributed by atoms with E-state index in [9.17, 15) is 9.90 Å². The van der Waals surface area contributed by atoms with Crippen molar-refractivity contribution >= 4 is 28.9 Å². The van der Waals surface area contributed by atoms with Gasteiger partial charge in [0, 0.05) is 43.3 Å². The van der Waals surface area contributed by atoms with Crippen LogP contribution in [-0.4, -0.2) is 77.5 Å². The summed E-state index contributed by atoms with van der Waals surface area (Å²) in [6.07, 6.45) is 5.99. The third-order valence-electron chi connectivity index (χ3n) is 7.53. The first-order valence-corrected chi connectivity index (χ1v) is 13.4. The molecule has 1 aromatic carbocycles. The summed E-state index contributed by atoms with van der Waals surface area (Å²) in [6, 6.07) is 14.7. The Hall–Kier alpha value is -5.77. The van der Waals surface area contributed by atoms with Crippen LogP contribution in [0.1, 0.15) is 22.7 Å². The molecule has 13 nitrogen and oxygen atoms in total. The summed E-state index contributed by atoms with van der Waals surface area (Å²) < 4.78 is 1.54. The molecule has 5 aromatic rings. The number of benzene rings is 1. The second-order valence-electron chi connectivity index (χ2n) is 9.96. The van der Waals surface area contributed by atoms with E-state index in [1.807, 2.05) is 18.2 Å². The second kappa shape index (κ2) is 10.3. The monoisotopic (exact) mass is 559 g/mol. The van der Waals surface area contributed by atoms with Gasteiger partial charge in [-0.3, -0.25) is 4.79 Å². The van der Waals surface area contributed by atoms with Crippen molar-refractivity contribution in [1.29, 1.82) is 0 Å². The molecule has 1 amide bonds. The van der Waals surface area contributed by atoms with Crippen LogP contribution >= 0.6 is 0 Å². The van der Waals surface area contributed by atoms with Crippen LogP contribution < -0.4 is 20.9 Å². The topological polar surface area (TPSA) is 164 Å². The highest BCUT2D eigenvalue weighted by molar-refractivity contribution is 5.93. The van der Waals surface area contributed by atoms with Crippen LogP contribution in [0.25, 0.3) is 16.9 Å². The van der Waals surface area contributed by atoms with E-state index in [-0.39, 0.29) is 36.0 Å². The number of nitrogens with one attached hydrogen (secondary N) is 1. The molecule has 0 spiro atoms. The van der Waals surface area contributed by atoms with Crippen molar-refractivity contribution in [3.05, 3.63) is 78.6 Å². The molecule has 4 aromatic heterocycles. The van der Waals surface area contributed by atoms with Gasteiger partial charge in [-0.2, -0.15) is 5.10 Å². The quantitative estimate of drug-likeness (QED) is 0.268. The maximum atomic E-state index is 12.4. The Labute approximate surface area is 240 Å². The number of anilines is 3. The van der Waals surface area contributed by atoms with Gasteiger partial charge in [0.2, 0.25) is 5.82 Å². The number of amides is 1. The van der Waals surface area contributed by atoms with Crippen LogP contribution in [-0.2, 0) is 0 Å². The Morgan fingerprint density at radius 1 is 1.07 bits per heavy atom. The number of fused-ring (bicyclic) bond motifs is 2. The molecular weight excluding hydrogens is 534 g/mol. The molecule has 208 valence electrons. The Balaban J connectivity index is 1.00. The number of hydrogen-bond donors (Lipinski definition) is 3. The Morgan fingerprint density at radius 3 is 2.86 bits per heavy atom. The van der Waals surface area contributed by atoms with Gasteiger partial charge in [-0.05, 0) is 42.7 Å². The minimum absolute atomic E-state index is 0.126. The fourth-order valence-corrected chi connectivity index (χ4v) is 5.47. The Morgan fingerprint density at radius 2 is 1.98 bits per heavy atom. The standard InChI is InChI=1S/C29H25N11O2/c30-28-22(15-19(35-36-28)18-5-1-2-6-24(18)41)39-17-23-21(39)9-14-38(23)26-8-12-31-25(34-26)7-3-10-33-29(42)20-16-27-32-11-4-13-40(27)37-20/h1-2,4-6,8,11-13,15-16,21,23,41H,9-10,14,17H2,(H2,30,36)(H,33,42)/t21-,23-/m1/s1. The number of nitrogens with two attached hydrogens (primary N) is 1. The third-order valence-corrected chi connectivity index (χ3v) is 7.53. The van der Waals surface area contributed by atoms with Gasteiger partial charge in [-0.25, -0.2) is 19.5 Å². The van der Waals surface area contributed by atoms with E-state index >= 15 is 0 Å². The highest BCUT2D eigenvalue weighted by Crippen LogP contribution is 2.41. The van der Waals surface area contributed by atoms with E-state index in [2.05, 4.69) is 57.2 Å². The van der Waals surface area contributed by atoms with Crippen molar-refractivity contribution in [3.8, 4) is 28.8 Å². The van der Waals surface area contributed by atoms with Crippen molar-refractivity contribution in [1.82, 2.24) is 40.1 Å². The highest BCUT2D eigenvalue weighted by atomic mass is 16.3. The van der Waals surface area contributed by atoms with E-state index in [4.69, 9.17) is 5.73 Å². The number of nitrogen functional groups attached to an aromatic ring is 1. The zero-order valence-corrected chi connectivity index (χ0v) is 22.3. The summed E-state index contributed by atoms with van der Waals surface area (Å²) in [7, 11) is 0. The van der Waals surface area contributed by atoms with Gasteiger partial charge in [0.05, 0.1) is 30.0 Å². The molecule has 4 N–H and O–H groups in total. The molecule has 0 bridgehead atoms. The SMILES string of the molecule is Nc1nnc(-c2ccccc2O)cc1N1C[C@@H]2[C@H]1CCN2c1ccnc(C#CCNC(=O)c2cc3ncccn3n2)n1. The number of aromatic nitrogens is 7. The van der Waals surface area contributed by atoms with E-state index < -0.39 is 0 Å². The van der Waals surface area contributed by atoms with Gasteiger partial charge in [-0.1, -0.05) is 18.1 Å². The van der Waals surface area contributed by atoms with Crippen molar-refractivity contribution in [2.75, 3.05) is 35.2 Å². The van der Waals surface area contributed by atoms with Gasteiger partial charge in [0.1, 0.15) is 11.6 Å². The van der Waals surface area contributed by atoms with Crippen LogP contribution in [0.4, 0.5) is 17.3 Å². The second-order valence-corrected chi connectivity index (χ2v) is 9.96. The number of phenols is 1. The van der Waals surface area contributed by atoms with Crippen LogP contribution in [0.2, 0.25) is 0 Å². The first kappa shape index (κ1) is 25.2. The van der Waals surface area contributed by atoms with Gasteiger partial charge < -0.3 is 26.0 Å². The van der Waals surface area contributed by atoms with E-state index in [0.717, 1.165) is 31.0 Å². The lowest BCUT2D eigenvalue weighted by molar-refractivity contribution is 0.0953. The molecule has 6 heterocycles. The van der Waals surface area contributed by atoms with Crippen molar-refractivity contribution in [2.45, 2.75) is 18.5 Å². The molecule has 2 aliphatic heterocycles. The molecule has 13 heteroatoms. The summed E-state index contributed by atoms with van der Waals surface area (Å²) in [5, 5.41) is 25.6. The van der Waals surface area contributed by atoms with Crippen LogP contribution in [0.15, 0.2) is 67.1 Å². The largest absolute Gasteiger partial charge is 0.507 e. The van der Waals surface area contributed by atoms with Gasteiger partial charge >= 0.3 is 0 Å². The lowest BCUT2D eigenvalue weighted by Crippen LogP contribution is -2.62. The van der Waals surface area contributed by atoms with Crippen LogP contribution in [0, 0.1) is 11.8 Å². The number of para-hydroxylation sites is 1. The molecule has 0 radical (unpaired) electrons. The zero-order valence-electron chi connectivity index (χ0n) is 22.3. The van der Waals surface area contributed by atoms with Gasteiger partial charge in [-0.15, -0.1) is 10.2 Å². The number of carbonyl (C=O) groups excluding carboxylic acids is 1. The first-order valence-electron chi connectivity index (χ1n) is 13.4. The molecule has 2 aliphatic rings. The molecule has 0 unspecified atom stereocenters. The summed E-state index contributed by atoms with van der Waals surface area (Å²) in [5.41, 5.74) is 9.08. The predicted octanol–water partition coefficient (Wildman–Crippen LogP) is 1.51. The fourth-order valence-electron chi connectivity index (χ4n) is 5.47. The summed E-state index contributed by atoms with van der Waals surface area (Å²) in [5.74, 6) is 7.21. The zero-order chi connectivity index (χ0) is 28.6. The lowest BCUT2D eigenvalue weighted by atomic mass is 9.95. The first-order chi connectivity index (χ1) is 20.5. The van der Waals surface area contributed by atoms with Gasteiger partial charge in [0.15, 0.2) is 17.2 Å². The molecule has 0 aliphatic carbocycles. The number of phenolic OH excluding ortho intramolecular Hbond substituents is 1. The summed E-state index contributed by atoms with van der Waals surface area (Å²) in [6.45, 7) is 1.70. The maximum absolute atomic E-state index is 12.4.